The molecular weight excluding hydrogens is 324 g/mol. The molecule has 0 fully saturated rings. The molecule has 1 heterocycles. The number of aryl methyl sites for hydroxylation is 1. The fourth-order valence-corrected chi connectivity index (χ4v) is 2.51. The first kappa shape index (κ1) is 17.1. The Morgan fingerprint density at radius 2 is 2.04 bits per heavy atom. The van der Waals surface area contributed by atoms with E-state index in [1.165, 1.54) is 24.3 Å². The van der Waals surface area contributed by atoms with Crippen LogP contribution >= 0.6 is 11.3 Å². The molecule has 0 radical (unpaired) electrons. The average molecular weight is 339 g/mol. The van der Waals surface area contributed by atoms with Crippen LogP contribution in [0.3, 0.4) is 0 Å². The van der Waals surface area contributed by atoms with E-state index in [-0.39, 0.29) is 12.1 Å². The largest absolute Gasteiger partial charge is 0.453 e. The second-order valence-electron chi connectivity index (χ2n) is 4.88. The smallest absolute Gasteiger partial charge is 0.306 e. The SMILES string of the molecule is C[C@@H](OC(=O)CCc1ccsc1)C(=O)Nc1ccc(F)c(F)c1. The Bertz CT molecular complexity index is 689. The highest BCUT2D eigenvalue weighted by Crippen LogP contribution is 2.14. The van der Waals surface area contributed by atoms with Gasteiger partial charge in [0.1, 0.15) is 0 Å². The molecule has 1 aromatic heterocycles. The highest BCUT2D eigenvalue weighted by molar-refractivity contribution is 7.07. The van der Waals surface area contributed by atoms with Crippen molar-refractivity contribution in [2.24, 2.45) is 0 Å². The number of carbonyl (C=O) groups excluding carboxylic acids is 2. The van der Waals surface area contributed by atoms with Gasteiger partial charge in [-0.25, -0.2) is 8.78 Å². The van der Waals surface area contributed by atoms with Crippen molar-refractivity contribution in [1.29, 1.82) is 0 Å². The topological polar surface area (TPSA) is 55.4 Å². The van der Waals surface area contributed by atoms with Gasteiger partial charge in [0.2, 0.25) is 0 Å². The summed E-state index contributed by atoms with van der Waals surface area (Å²) in [5.41, 5.74) is 1.13. The number of nitrogens with one attached hydrogen (secondary N) is 1. The van der Waals surface area contributed by atoms with Crippen LogP contribution in [0.1, 0.15) is 18.9 Å². The zero-order chi connectivity index (χ0) is 16.8. The van der Waals surface area contributed by atoms with E-state index >= 15 is 0 Å². The third-order valence-electron chi connectivity index (χ3n) is 3.06. The molecule has 2 aromatic rings. The van der Waals surface area contributed by atoms with E-state index in [1.54, 1.807) is 0 Å². The van der Waals surface area contributed by atoms with Crippen LogP contribution in [-0.4, -0.2) is 18.0 Å². The molecule has 1 amide bonds. The van der Waals surface area contributed by atoms with Gasteiger partial charge in [0.25, 0.3) is 5.91 Å². The number of anilines is 1. The van der Waals surface area contributed by atoms with Gasteiger partial charge in [-0.05, 0) is 47.9 Å². The van der Waals surface area contributed by atoms with Crippen molar-refractivity contribution in [2.45, 2.75) is 25.9 Å². The molecule has 4 nitrogen and oxygen atoms in total. The summed E-state index contributed by atoms with van der Waals surface area (Å²) in [6, 6.07) is 4.90. The van der Waals surface area contributed by atoms with Crippen molar-refractivity contribution in [3.63, 3.8) is 0 Å². The van der Waals surface area contributed by atoms with E-state index in [4.69, 9.17) is 4.74 Å². The second kappa shape index (κ2) is 7.82. The quantitative estimate of drug-likeness (QED) is 0.819. The van der Waals surface area contributed by atoms with Gasteiger partial charge in [0.15, 0.2) is 17.7 Å². The number of benzene rings is 1. The Kier molecular flexibility index (Phi) is 5.81. The molecule has 7 heteroatoms. The third kappa shape index (κ3) is 5.14. The first-order valence-corrected chi connectivity index (χ1v) is 7.86. The van der Waals surface area contributed by atoms with Crippen molar-refractivity contribution < 1.29 is 23.1 Å². The van der Waals surface area contributed by atoms with Crippen molar-refractivity contribution in [1.82, 2.24) is 0 Å². The van der Waals surface area contributed by atoms with Gasteiger partial charge in [0.05, 0.1) is 0 Å². The Balaban J connectivity index is 1.81. The summed E-state index contributed by atoms with van der Waals surface area (Å²) >= 11 is 1.54. The lowest BCUT2D eigenvalue weighted by atomic mass is 10.2. The van der Waals surface area contributed by atoms with E-state index < -0.39 is 29.6 Å². The van der Waals surface area contributed by atoms with Gasteiger partial charge in [-0.2, -0.15) is 11.3 Å². The molecule has 2 rings (SSSR count). The zero-order valence-corrected chi connectivity index (χ0v) is 13.2. The Labute approximate surface area is 136 Å². The molecule has 0 saturated carbocycles. The highest BCUT2D eigenvalue weighted by atomic mass is 32.1. The van der Waals surface area contributed by atoms with E-state index in [1.807, 2.05) is 16.8 Å². The molecule has 0 bridgehead atoms. The monoisotopic (exact) mass is 339 g/mol. The zero-order valence-electron chi connectivity index (χ0n) is 12.3. The van der Waals surface area contributed by atoms with E-state index in [2.05, 4.69) is 5.32 Å². The van der Waals surface area contributed by atoms with Crippen LogP contribution in [0.5, 0.6) is 0 Å². The van der Waals surface area contributed by atoms with Crippen LogP contribution in [0, 0.1) is 11.6 Å². The summed E-state index contributed by atoms with van der Waals surface area (Å²) in [4.78, 5) is 23.6. The summed E-state index contributed by atoms with van der Waals surface area (Å²) in [6.07, 6.45) is -0.322. The molecule has 0 aliphatic rings. The number of halogens is 2. The average Bonchev–Trinajstić information content (AvgIpc) is 3.02. The third-order valence-corrected chi connectivity index (χ3v) is 3.79. The standard InChI is InChI=1S/C16H15F2NO3S/c1-10(22-15(20)5-2-11-6-7-23-9-11)16(21)19-12-3-4-13(17)14(18)8-12/h3-4,6-10H,2,5H2,1H3,(H,19,21)/t10-/m1/s1. The lowest BCUT2D eigenvalue weighted by Crippen LogP contribution is -2.30. The maximum Gasteiger partial charge on any atom is 0.306 e. The van der Waals surface area contributed by atoms with Crippen LogP contribution in [0.4, 0.5) is 14.5 Å². The Morgan fingerprint density at radius 3 is 2.70 bits per heavy atom. The number of thiophene rings is 1. The fraction of sp³-hybridized carbons (Fsp3) is 0.250. The Morgan fingerprint density at radius 1 is 1.26 bits per heavy atom. The van der Waals surface area contributed by atoms with E-state index in [0.717, 1.165) is 17.7 Å². The van der Waals surface area contributed by atoms with Gasteiger partial charge in [-0.1, -0.05) is 0 Å². The summed E-state index contributed by atoms with van der Waals surface area (Å²) in [5.74, 6) is -3.18. The van der Waals surface area contributed by atoms with Crippen LogP contribution in [0.2, 0.25) is 0 Å². The van der Waals surface area contributed by atoms with Crippen LogP contribution in [-0.2, 0) is 20.7 Å². The molecule has 0 unspecified atom stereocenters. The summed E-state index contributed by atoms with van der Waals surface area (Å²) in [7, 11) is 0. The number of hydrogen-bond donors (Lipinski definition) is 1. The lowest BCUT2D eigenvalue weighted by molar-refractivity contribution is -0.153. The molecule has 1 N–H and O–H groups in total. The van der Waals surface area contributed by atoms with Crippen LogP contribution in [0.15, 0.2) is 35.0 Å². The van der Waals surface area contributed by atoms with Gasteiger partial charge in [-0.3, -0.25) is 9.59 Å². The van der Waals surface area contributed by atoms with Crippen molar-refractivity contribution in [2.75, 3.05) is 5.32 Å². The molecule has 0 saturated heterocycles. The molecular formula is C16H15F2NO3S. The minimum absolute atomic E-state index is 0.0927. The number of carbonyl (C=O) groups is 2. The second-order valence-corrected chi connectivity index (χ2v) is 5.66. The van der Waals surface area contributed by atoms with Crippen LogP contribution in [0.25, 0.3) is 0 Å². The lowest BCUT2D eigenvalue weighted by Gasteiger charge is -2.13. The van der Waals surface area contributed by atoms with Crippen molar-refractivity contribution >= 4 is 28.9 Å². The molecule has 23 heavy (non-hydrogen) atoms. The minimum atomic E-state index is -1.07. The number of hydrogen-bond acceptors (Lipinski definition) is 4. The number of esters is 1. The Hall–Kier alpha value is -2.28. The number of rotatable bonds is 6. The molecule has 1 aromatic carbocycles. The van der Waals surface area contributed by atoms with E-state index in [0.29, 0.717) is 6.42 Å². The maximum absolute atomic E-state index is 13.1. The molecule has 0 aliphatic carbocycles. The summed E-state index contributed by atoms with van der Waals surface area (Å²) in [6.45, 7) is 1.41. The first-order chi connectivity index (χ1) is 11.0. The summed E-state index contributed by atoms with van der Waals surface area (Å²) in [5, 5.41) is 6.22. The van der Waals surface area contributed by atoms with Gasteiger partial charge >= 0.3 is 5.97 Å². The fourth-order valence-electron chi connectivity index (χ4n) is 1.81. The molecule has 0 spiro atoms. The summed E-state index contributed by atoms with van der Waals surface area (Å²) < 4.78 is 30.9. The first-order valence-electron chi connectivity index (χ1n) is 6.92. The van der Waals surface area contributed by atoms with Crippen molar-refractivity contribution in [3.8, 4) is 0 Å². The number of ether oxygens (including phenoxy) is 1. The maximum atomic E-state index is 13.1. The molecule has 1 atom stereocenters. The molecule has 122 valence electrons. The van der Waals surface area contributed by atoms with Crippen molar-refractivity contribution in [3.05, 3.63) is 52.2 Å². The minimum Gasteiger partial charge on any atom is -0.453 e. The van der Waals surface area contributed by atoms with Gasteiger partial charge < -0.3 is 10.1 Å². The normalized spacial score (nSPS) is 11.8. The van der Waals surface area contributed by atoms with E-state index in [9.17, 15) is 18.4 Å². The predicted molar refractivity (Wildman–Crippen MR) is 83.2 cm³/mol. The predicted octanol–water partition coefficient (Wildman–Crippen LogP) is 3.53. The highest BCUT2D eigenvalue weighted by Gasteiger charge is 2.18. The van der Waals surface area contributed by atoms with Gasteiger partial charge in [-0.15, -0.1) is 0 Å². The number of amides is 1. The van der Waals surface area contributed by atoms with Gasteiger partial charge in [0, 0.05) is 18.2 Å². The van der Waals surface area contributed by atoms with Crippen LogP contribution < -0.4 is 5.32 Å². The molecule has 0 aliphatic heterocycles.